The largest absolute Gasteiger partial charge is 0.496 e. The fourth-order valence-electron chi connectivity index (χ4n) is 4.54. The molecule has 2 N–H and O–H groups in total. The lowest BCUT2D eigenvalue weighted by Crippen LogP contribution is -2.43. The molecule has 0 atom stereocenters. The molecule has 0 saturated heterocycles. The molecule has 8 nitrogen and oxygen atoms in total. The third-order valence-corrected chi connectivity index (χ3v) is 7.34. The lowest BCUT2D eigenvalue weighted by Gasteiger charge is -2.22. The second-order valence-electron chi connectivity index (χ2n) is 8.79. The number of esters is 1. The molecule has 0 aliphatic heterocycles. The molecule has 2 aromatic heterocycles. The van der Waals surface area contributed by atoms with Crippen LogP contribution in [-0.4, -0.2) is 36.5 Å². The number of nitrogens with zero attached hydrogens (tertiary/aromatic N) is 1. The number of benzene rings is 2. The Labute approximate surface area is 233 Å². The van der Waals surface area contributed by atoms with Crippen LogP contribution in [0.1, 0.15) is 49.7 Å². The van der Waals surface area contributed by atoms with Crippen LogP contribution in [-0.2, 0) is 16.0 Å². The number of allylic oxidation sites excluding steroid dienone is 1. The smallest absolute Gasteiger partial charge is 0.339 e. The molecule has 0 spiro atoms. The number of carbonyl (C=O) groups is 3. The van der Waals surface area contributed by atoms with Crippen LogP contribution in [0.5, 0.6) is 5.75 Å². The van der Waals surface area contributed by atoms with Crippen LogP contribution in [0.25, 0.3) is 22.6 Å². The van der Waals surface area contributed by atoms with E-state index in [4.69, 9.17) is 26.1 Å². The number of ether oxygens (including phenoxy) is 2. The quantitative estimate of drug-likeness (QED) is 0.239. The molecule has 0 saturated carbocycles. The van der Waals surface area contributed by atoms with Crippen molar-refractivity contribution in [1.82, 2.24) is 15.8 Å². The van der Waals surface area contributed by atoms with Crippen molar-refractivity contribution in [3.8, 4) is 5.75 Å². The number of fused-ring (bicyclic) bond motifs is 2. The summed E-state index contributed by atoms with van der Waals surface area (Å²) < 4.78 is 10.6. The van der Waals surface area contributed by atoms with Crippen LogP contribution >= 0.6 is 22.9 Å². The fourth-order valence-corrected chi connectivity index (χ4v) is 5.40. The van der Waals surface area contributed by atoms with Crippen molar-refractivity contribution in [2.75, 3.05) is 13.7 Å². The second kappa shape index (κ2) is 11.7. The van der Waals surface area contributed by atoms with E-state index in [1.165, 1.54) is 13.2 Å². The first-order valence-electron chi connectivity index (χ1n) is 12.2. The molecule has 0 bridgehead atoms. The number of pyridine rings is 1. The van der Waals surface area contributed by atoms with Gasteiger partial charge in [0, 0.05) is 15.3 Å². The van der Waals surface area contributed by atoms with E-state index >= 15 is 0 Å². The van der Waals surface area contributed by atoms with Crippen molar-refractivity contribution in [3.63, 3.8) is 0 Å². The summed E-state index contributed by atoms with van der Waals surface area (Å²) in [6, 6.07) is 16.0. The molecule has 1 aliphatic carbocycles. The van der Waals surface area contributed by atoms with Gasteiger partial charge in [-0.25, -0.2) is 9.78 Å². The topological polar surface area (TPSA) is 107 Å². The Morgan fingerprint density at radius 2 is 1.92 bits per heavy atom. The van der Waals surface area contributed by atoms with E-state index in [9.17, 15) is 14.4 Å². The van der Waals surface area contributed by atoms with E-state index in [0.717, 1.165) is 34.5 Å². The van der Waals surface area contributed by atoms with E-state index < -0.39 is 24.4 Å². The van der Waals surface area contributed by atoms with E-state index in [0.29, 0.717) is 33.7 Å². The first-order chi connectivity index (χ1) is 18.9. The lowest BCUT2D eigenvalue weighted by molar-refractivity contribution is -0.125. The summed E-state index contributed by atoms with van der Waals surface area (Å²) in [6.07, 6.45) is 4.50. The standard InChI is InChI=1S/C29H24ClN3O5S/c1-37-24-12-11-18(30)15-22(24)28(35)33-32-25(34)16-38-29(36)26-20-8-2-3-10-23(20)31-27-17(6-4-9-21(26)27)14-19-7-5-13-39-19/h2-3,5,7-8,10-15H,4,6,9,16H2,1H3,(H,32,34)(H,33,35). The van der Waals surface area contributed by atoms with Crippen LogP contribution in [0, 0.1) is 0 Å². The number of hydrogen-bond acceptors (Lipinski definition) is 7. The molecular formula is C29H24ClN3O5S. The second-order valence-corrected chi connectivity index (χ2v) is 10.2. The molecule has 39 heavy (non-hydrogen) atoms. The van der Waals surface area contributed by atoms with Crippen molar-refractivity contribution < 1.29 is 23.9 Å². The van der Waals surface area contributed by atoms with Gasteiger partial charge in [0.2, 0.25) is 0 Å². The van der Waals surface area contributed by atoms with Crippen LogP contribution in [0.4, 0.5) is 0 Å². The van der Waals surface area contributed by atoms with Crippen molar-refractivity contribution in [2.45, 2.75) is 19.3 Å². The van der Waals surface area contributed by atoms with Crippen LogP contribution in [0.2, 0.25) is 5.02 Å². The normalized spacial score (nSPS) is 13.5. The summed E-state index contributed by atoms with van der Waals surface area (Å²) in [6.45, 7) is -0.588. The van der Waals surface area contributed by atoms with Crippen molar-refractivity contribution in [3.05, 3.63) is 92.3 Å². The SMILES string of the molecule is COc1ccc(Cl)cc1C(=O)NNC(=O)COC(=O)c1c2c(nc3ccccc13)C(=Cc1cccs1)CCC2. The van der Waals surface area contributed by atoms with Crippen molar-refractivity contribution in [2.24, 2.45) is 0 Å². The Kier molecular flexibility index (Phi) is 7.90. The van der Waals surface area contributed by atoms with Crippen molar-refractivity contribution in [1.29, 1.82) is 0 Å². The number of nitrogens with one attached hydrogen (secondary N) is 2. The molecule has 198 valence electrons. The number of methoxy groups -OCH3 is 1. The van der Waals surface area contributed by atoms with Crippen LogP contribution in [0.3, 0.4) is 0 Å². The Hall–Kier alpha value is -4.21. The number of para-hydroxylation sites is 1. The predicted octanol–water partition coefficient (Wildman–Crippen LogP) is 5.45. The molecular weight excluding hydrogens is 538 g/mol. The first-order valence-corrected chi connectivity index (χ1v) is 13.5. The lowest BCUT2D eigenvalue weighted by atomic mass is 9.86. The highest BCUT2D eigenvalue weighted by Gasteiger charge is 2.26. The van der Waals surface area contributed by atoms with E-state index in [1.54, 1.807) is 23.5 Å². The summed E-state index contributed by atoms with van der Waals surface area (Å²) >= 11 is 7.61. The van der Waals surface area contributed by atoms with Gasteiger partial charge in [-0.2, -0.15) is 0 Å². The number of aromatic nitrogens is 1. The number of amides is 2. The van der Waals surface area contributed by atoms with Gasteiger partial charge in [0.25, 0.3) is 11.8 Å². The molecule has 2 heterocycles. The summed E-state index contributed by atoms with van der Waals surface area (Å²) in [4.78, 5) is 44.3. The summed E-state index contributed by atoms with van der Waals surface area (Å²) in [5.41, 5.74) is 8.43. The van der Waals surface area contributed by atoms with Gasteiger partial charge in [-0.05, 0) is 72.2 Å². The summed E-state index contributed by atoms with van der Waals surface area (Å²) in [5.74, 6) is -1.67. The van der Waals surface area contributed by atoms with Gasteiger partial charge in [-0.1, -0.05) is 35.9 Å². The Morgan fingerprint density at radius 1 is 1.08 bits per heavy atom. The number of rotatable bonds is 6. The maximum absolute atomic E-state index is 13.4. The number of carbonyl (C=O) groups excluding carboxylic acids is 3. The van der Waals surface area contributed by atoms with Gasteiger partial charge in [0.15, 0.2) is 6.61 Å². The maximum atomic E-state index is 13.4. The average Bonchev–Trinajstić information content (AvgIpc) is 3.46. The first kappa shape index (κ1) is 26.4. The van der Waals surface area contributed by atoms with Gasteiger partial charge >= 0.3 is 5.97 Å². The summed E-state index contributed by atoms with van der Waals surface area (Å²) in [5, 5.41) is 3.02. The molecule has 2 aromatic carbocycles. The van der Waals surface area contributed by atoms with Crippen LogP contribution in [0.15, 0.2) is 60.0 Å². The fraction of sp³-hybridized carbons (Fsp3) is 0.172. The highest BCUT2D eigenvalue weighted by atomic mass is 35.5. The van der Waals surface area contributed by atoms with Crippen molar-refractivity contribution >= 4 is 63.3 Å². The third kappa shape index (κ3) is 5.79. The van der Waals surface area contributed by atoms with E-state index in [1.807, 2.05) is 41.8 Å². The molecule has 5 rings (SSSR count). The zero-order chi connectivity index (χ0) is 27.4. The molecule has 1 aliphatic rings. The molecule has 4 aromatic rings. The maximum Gasteiger partial charge on any atom is 0.339 e. The molecule has 0 unspecified atom stereocenters. The minimum Gasteiger partial charge on any atom is -0.496 e. The molecule has 10 heteroatoms. The number of halogens is 1. The monoisotopic (exact) mass is 561 g/mol. The zero-order valence-electron chi connectivity index (χ0n) is 21.0. The Balaban J connectivity index is 1.33. The highest BCUT2D eigenvalue weighted by Crippen LogP contribution is 2.36. The Morgan fingerprint density at radius 3 is 2.72 bits per heavy atom. The predicted molar refractivity (Wildman–Crippen MR) is 151 cm³/mol. The van der Waals surface area contributed by atoms with Gasteiger partial charge in [-0.3, -0.25) is 20.4 Å². The molecule has 0 radical (unpaired) electrons. The Bertz CT molecular complexity index is 1600. The van der Waals surface area contributed by atoms with E-state index in [-0.39, 0.29) is 5.56 Å². The minimum absolute atomic E-state index is 0.142. The summed E-state index contributed by atoms with van der Waals surface area (Å²) in [7, 11) is 1.42. The van der Waals surface area contributed by atoms with Gasteiger partial charge in [-0.15, -0.1) is 11.3 Å². The number of thiophene rings is 1. The highest BCUT2D eigenvalue weighted by molar-refractivity contribution is 7.10. The van der Waals surface area contributed by atoms with Gasteiger partial charge in [0.05, 0.1) is 29.4 Å². The third-order valence-electron chi connectivity index (χ3n) is 6.29. The molecule has 0 fully saturated rings. The molecule has 2 amide bonds. The van der Waals surface area contributed by atoms with Gasteiger partial charge in [0.1, 0.15) is 5.75 Å². The van der Waals surface area contributed by atoms with Gasteiger partial charge < -0.3 is 9.47 Å². The zero-order valence-corrected chi connectivity index (χ0v) is 22.5. The van der Waals surface area contributed by atoms with E-state index in [2.05, 4.69) is 16.9 Å². The number of hydrogen-bond donors (Lipinski definition) is 2. The average molecular weight is 562 g/mol. The number of hydrazine groups is 1. The van der Waals surface area contributed by atoms with Crippen LogP contribution < -0.4 is 15.6 Å². The minimum atomic E-state index is -0.705.